The van der Waals surface area contributed by atoms with Gasteiger partial charge in [-0.25, -0.2) is 12.7 Å². The van der Waals surface area contributed by atoms with Crippen LogP contribution in [0.4, 0.5) is 0 Å². The van der Waals surface area contributed by atoms with Gasteiger partial charge in [0.25, 0.3) is 5.91 Å². The standard InChI is InChI=1S/C15H24N4O3S/c1-12-11-16-17-14(12)15(20)18-9-5-13(6-10-18)23(21,22)19-7-3-2-4-8-19/h11,13H,2-10H2,1H3,(H,16,17). The Labute approximate surface area is 137 Å². The lowest BCUT2D eigenvalue weighted by Gasteiger charge is -2.35. The Morgan fingerprint density at radius 1 is 1.17 bits per heavy atom. The number of nitrogens with zero attached hydrogens (tertiary/aromatic N) is 3. The Morgan fingerprint density at radius 2 is 1.83 bits per heavy atom. The fraction of sp³-hybridized carbons (Fsp3) is 0.733. The molecule has 0 saturated carbocycles. The highest BCUT2D eigenvalue weighted by atomic mass is 32.2. The van der Waals surface area contributed by atoms with Crippen LogP contribution in [0, 0.1) is 6.92 Å². The molecule has 1 aromatic rings. The molecule has 128 valence electrons. The third-order valence-corrected chi connectivity index (χ3v) is 7.27. The molecule has 23 heavy (non-hydrogen) atoms. The van der Waals surface area contributed by atoms with Crippen LogP contribution in [0.2, 0.25) is 0 Å². The van der Waals surface area contributed by atoms with Gasteiger partial charge in [-0.05, 0) is 38.2 Å². The van der Waals surface area contributed by atoms with Crippen LogP contribution in [0.15, 0.2) is 6.20 Å². The molecule has 3 rings (SSSR count). The monoisotopic (exact) mass is 340 g/mol. The van der Waals surface area contributed by atoms with Gasteiger partial charge < -0.3 is 4.90 Å². The minimum atomic E-state index is -3.22. The number of amides is 1. The first-order chi connectivity index (χ1) is 11.0. The van der Waals surface area contributed by atoms with E-state index in [2.05, 4.69) is 10.2 Å². The zero-order chi connectivity index (χ0) is 16.4. The van der Waals surface area contributed by atoms with Crippen molar-refractivity contribution < 1.29 is 13.2 Å². The number of carbonyl (C=O) groups excluding carboxylic acids is 1. The first-order valence-electron chi connectivity index (χ1n) is 8.28. The highest BCUT2D eigenvalue weighted by Gasteiger charge is 2.36. The molecule has 2 aliphatic rings. The van der Waals surface area contributed by atoms with Gasteiger partial charge in [0.15, 0.2) is 0 Å². The van der Waals surface area contributed by atoms with E-state index in [0.717, 1.165) is 24.8 Å². The highest BCUT2D eigenvalue weighted by Crippen LogP contribution is 2.24. The summed E-state index contributed by atoms with van der Waals surface area (Å²) in [7, 11) is -3.22. The summed E-state index contributed by atoms with van der Waals surface area (Å²) >= 11 is 0. The van der Waals surface area contributed by atoms with Crippen LogP contribution in [0.25, 0.3) is 0 Å². The minimum Gasteiger partial charge on any atom is -0.337 e. The van der Waals surface area contributed by atoms with Crippen molar-refractivity contribution in [2.45, 2.75) is 44.3 Å². The first-order valence-corrected chi connectivity index (χ1v) is 9.78. The lowest BCUT2D eigenvalue weighted by molar-refractivity contribution is 0.0717. The number of aromatic nitrogens is 2. The van der Waals surface area contributed by atoms with E-state index in [0.29, 0.717) is 44.7 Å². The number of H-pyrrole nitrogens is 1. The fourth-order valence-corrected chi connectivity index (χ4v) is 5.40. The molecule has 0 bridgehead atoms. The Hall–Kier alpha value is -1.41. The number of sulfonamides is 1. The molecule has 1 amide bonds. The van der Waals surface area contributed by atoms with Crippen molar-refractivity contribution in [1.82, 2.24) is 19.4 Å². The second kappa shape index (κ2) is 6.60. The number of hydrogen-bond donors (Lipinski definition) is 1. The van der Waals surface area contributed by atoms with E-state index >= 15 is 0 Å². The number of carbonyl (C=O) groups is 1. The molecule has 0 radical (unpaired) electrons. The van der Waals surface area contributed by atoms with Crippen molar-refractivity contribution >= 4 is 15.9 Å². The average Bonchev–Trinajstić information content (AvgIpc) is 3.01. The number of aryl methyl sites for hydroxylation is 1. The average molecular weight is 340 g/mol. The summed E-state index contributed by atoms with van der Waals surface area (Å²) in [5, 5.41) is 6.25. The lowest BCUT2D eigenvalue weighted by atomic mass is 10.1. The predicted octanol–water partition coefficient (Wildman–Crippen LogP) is 1.14. The maximum absolute atomic E-state index is 12.7. The summed E-state index contributed by atoms with van der Waals surface area (Å²) in [6.45, 7) is 4.10. The van der Waals surface area contributed by atoms with Crippen molar-refractivity contribution in [2.75, 3.05) is 26.2 Å². The van der Waals surface area contributed by atoms with Crippen LogP contribution in [-0.4, -0.2) is 65.2 Å². The van der Waals surface area contributed by atoms with Gasteiger partial charge in [0.05, 0.1) is 11.4 Å². The molecular weight excluding hydrogens is 316 g/mol. The van der Waals surface area contributed by atoms with Gasteiger partial charge in [-0.15, -0.1) is 0 Å². The van der Waals surface area contributed by atoms with Crippen LogP contribution in [0.5, 0.6) is 0 Å². The van der Waals surface area contributed by atoms with E-state index in [9.17, 15) is 13.2 Å². The van der Waals surface area contributed by atoms with E-state index < -0.39 is 10.0 Å². The topological polar surface area (TPSA) is 86.4 Å². The van der Waals surface area contributed by atoms with E-state index in [1.807, 2.05) is 6.92 Å². The van der Waals surface area contributed by atoms with Crippen molar-refractivity contribution in [3.8, 4) is 0 Å². The van der Waals surface area contributed by atoms with E-state index in [4.69, 9.17) is 0 Å². The molecule has 0 spiro atoms. The number of rotatable bonds is 3. The second-order valence-corrected chi connectivity index (χ2v) is 8.64. The fourth-order valence-electron chi connectivity index (χ4n) is 3.41. The molecule has 0 aliphatic carbocycles. The molecule has 2 saturated heterocycles. The maximum atomic E-state index is 12.7. The largest absolute Gasteiger partial charge is 0.337 e. The number of nitrogens with one attached hydrogen (secondary N) is 1. The number of hydrogen-bond acceptors (Lipinski definition) is 4. The summed E-state index contributed by atoms with van der Waals surface area (Å²) in [5.74, 6) is -0.0891. The van der Waals surface area contributed by atoms with E-state index in [1.165, 1.54) is 0 Å². The highest BCUT2D eigenvalue weighted by molar-refractivity contribution is 7.89. The SMILES string of the molecule is Cc1cn[nH]c1C(=O)N1CCC(S(=O)(=O)N2CCCCC2)CC1. The summed E-state index contributed by atoms with van der Waals surface area (Å²) in [6, 6.07) is 0. The van der Waals surface area contributed by atoms with Gasteiger partial charge in [0, 0.05) is 26.2 Å². The summed E-state index contributed by atoms with van der Waals surface area (Å²) in [4.78, 5) is 14.2. The maximum Gasteiger partial charge on any atom is 0.272 e. The number of piperidine rings is 2. The molecule has 0 atom stereocenters. The van der Waals surface area contributed by atoms with Gasteiger partial charge in [0.1, 0.15) is 5.69 Å². The second-order valence-electron chi connectivity index (χ2n) is 6.42. The van der Waals surface area contributed by atoms with Crippen LogP contribution < -0.4 is 0 Å². The number of likely N-dealkylation sites (tertiary alicyclic amines) is 1. The summed E-state index contributed by atoms with van der Waals surface area (Å²) in [6.07, 6.45) is 5.67. The molecule has 1 aromatic heterocycles. The molecule has 2 aliphatic heterocycles. The van der Waals surface area contributed by atoms with Gasteiger partial charge in [0.2, 0.25) is 10.0 Å². The Bertz CT molecular complexity index is 656. The quantitative estimate of drug-likeness (QED) is 0.894. The first kappa shape index (κ1) is 16.4. The third kappa shape index (κ3) is 3.28. The van der Waals surface area contributed by atoms with Crippen LogP contribution in [-0.2, 0) is 10.0 Å². The van der Waals surface area contributed by atoms with Crippen LogP contribution >= 0.6 is 0 Å². The van der Waals surface area contributed by atoms with Gasteiger partial charge in [-0.3, -0.25) is 9.89 Å². The Balaban J connectivity index is 1.62. The molecule has 3 heterocycles. The van der Waals surface area contributed by atoms with Gasteiger partial charge in [-0.2, -0.15) is 5.10 Å². The summed E-state index contributed by atoms with van der Waals surface area (Å²) in [5.41, 5.74) is 1.32. The molecular formula is C15H24N4O3S. The smallest absolute Gasteiger partial charge is 0.272 e. The Morgan fingerprint density at radius 3 is 2.39 bits per heavy atom. The van der Waals surface area contributed by atoms with Crippen molar-refractivity contribution in [1.29, 1.82) is 0 Å². The molecule has 7 nitrogen and oxygen atoms in total. The molecule has 2 fully saturated rings. The minimum absolute atomic E-state index is 0.0891. The molecule has 1 N–H and O–H groups in total. The zero-order valence-corrected chi connectivity index (χ0v) is 14.3. The van der Waals surface area contributed by atoms with Crippen molar-refractivity contribution in [2.24, 2.45) is 0 Å². The van der Waals surface area contributed by atoms with Crippen LogP contribution in [0.3, 0.4) is 0 Å². The van der Waals surface area contributed by atoms with Gasteiger partial charge >= 0.3 is 0 Å². The van der Waals surface area contributed by atoms with Crippen molar-refractivity contribution in [3.63, 3.8) is 0 Å². The normalized spacial score (nSPS) is 21.5. The van der Waals surface area contributed by atoms with E-state index in [-0.39, 0.29) is 11.2 Å². The summed E-state index contributed by atoms with van der Waals surface area (Å²) < 4.78 is 27.1. The third-order valence-electron chi connectivity index (χ3n) is 4.87. The Kier molecular flexibility index (Phi) is 4.72. The molecule has 8 heteroatoms. The predicted molar refractivity (Wildman–Crippen MR) is 86.6 cm³/mol. The zero-order valence-electron chi connectivity index (χ0n) is 13.5. The lowest BCUT2D eigenvalue weighted by Crippen LogP contribution is -2.48. The van der Waals surface area contributed by atoms with Crippen LogP contribution in [0.1, 0.15) is 48.2 Å². The van der Waals surface area contributed by atoms with Gasteiger partial charge in [-0.1, -0.05) is 6.42 Å². The molecule has 0 unspecified atom stereocenters. The molecule has 0 aromatic carbocycles. The number of aromatic amines is 1. The van der Waals surface area contributed by atoms with E-state index in [1.54, 1.807) is 15.4 Å². The van der Waals surface area contributed by atoms with Crippen molar-refractivity contribution in [3.05, 3.63) is 17.5 Å².